The van der Waals surface area contributed by atoms with Crippen molar-refractivity contribution in [2.75, 3.05) is 5.32 Å². The number of nitrogens with one attached hydrogen (secondary N) is 1. The smallest absolute Gasteiger partial charge is 0.387 e. The Morgan fingerprint density at radius 3 is 2.33 bits per heavy atom. The lowest BCUT2D eigenvalue weighted by atomic mass is 9.85. The lowest BCUT2D eigenvalue weighted by Crippen LogP contribution is -2.46. The molecule has 1 N–H and O–H groups in total. The quantitative estimate of drug-likeness (QED) is 0.610. The Kier molecular flexibility index (Phi) is 5.46. The number of imide groups is 1. The van der Waals surface area contributed by atoms with Crippen LogP contribution in [0.1, 0.15) is 19.8 Å². The third-order valence-electron chi connectivity index (χ3n) is 4.72. The summed E-state index contributed by atoms with van der Waals surface area (Å²) < 4.78 is 28.8. The molecule has 1 aliphatic carbocycles. The van der Waals surface area contributed by atoms with Gasteiger partial charge in [0.2, 0.25) is 17.7 Å². The van der Waals surface area contributed by atoms with Gasteiger partial charge in [-0.05, 0) is 38.0 Å². The van der Waals surface area contributed by atoms with Gasteiger partial charge in [-0.25, -0.2) is 0 Å². The van der Waals surface area contributed by atoms with Gasteiger partial charge < -0.3 is 10.1 Å². The molecule has 9 heteroatoms. The van der Waals surface area contributed by atoms with Gasteiger partial charge >= 0.3 is 6.61 Å². The second-order valence-corrected chi connectivity index (χ2v) is 6.80. The van der Waals surface area contributed by atoms with Crippen molar-refractivity contribution in [2.45, 2.75) is 32.4 Å². The van der Waals surface area contributed by atoms with Crippen LogP contribution in [0, 0.1) is 11.8 Å². The highest BCUT2D eigenvalue weighted by molar-refractivity contribution is 6.32. The predicted octanol–water partition coefficient (Wildman–Crippen LogP) is 3.22. The van der Waals surface area contributed by atoms with Gasteiger partial charge in [0.05, 0.1) is 16.9 Å². The molecule has 1 aromatic rings. The van der Waals surface area contributed by atoms with Crippen molar-refractivity contribution in [2.24, 2.45) is 11.8 Å². The SMILES string of the molecule is C[C@@H](C(=O)Nc1ccc(OC(F)F)c(Cl)c1)N1C(=O)C2CC=CCC2C1=O. The molecule has 3 rings (SSSR count). The number of likely N-dealkylation sites (tertiary alicyclic amines) is 1. The maximum absolute atomic E-state index is 12.5. The molecule has 0 radical (unpaired) electrons. The first-order valence-electron chi connectivity index (χ1n) is 8.36. The van der Waals surface area contributed by atoms with Crippen LogP contribution in [0.25, 0.3) is 0 Å². The van der Waals surface area contributed by atoms with Crippen LogP contribution in [-0.2, 0) is 14.4 Å². The van der Waals surface area contributed by atoms with Crippen LogP contribution in [0.2, 0.25) is 5.02 Å². The van der Waals surface area contributed by atoms with E-state index in [0.717, 1.165) is 4.90 Å². The van der Waals surface area contributed by atoms with Gasteiger partial charge in [-0.1, -0.05) is 23.8 Å². The molecule has 1 aliphatic heterocycles. The first-order valence-corrected chi connectivity index (χ1v) is 8.74. The largest absolute Gasteiger partial charge is 0.433 e. The fraction of sp³-hybridized carbons (Fsp3) is 0.389. The normalized spacial score (nSPS) is 22.8. The van der Waals surface area contributed by atoms with Crippen molar-refractivity contribution in [1.82, 2.24) is 4.90 Å². The zero-order chi connectivity index (χ0) is 19.7. The molecule has 6 nitrogen and oxygen atoms in total. The summed E-state index contributed by atoms with van der Waals surface area (Å²) in [4.78, 5) is 38.6. The van der Waals surface area contributed by atoms with Crippen LogP contribution in [-0.4, -0.2) is 35.3 Å². The molecule has 1 heterocycles. The van der Waals surface area contributed by atoms with Gasteiger partial charge in [0.15, 0.2) is 0 Å². The van der Waals surface area contributed by atoms with E-state index in [1.54, 1.807) is 0 Å². The Bertz CT molecular complexity index is 789. The van der Waals surface area contributed by atoms with Crippen LogP contribution in [0.4, 0.5) is 14.5 Å². The third kappa shape index (κ3) is 3.80. The number of hydrogen-bond acceptors (Lipinski definition) is 4. The van der Waals surface area contributed by atoms with E-state index >= 15 is 0 Å². The second-order valence-electron chi connectivity index (χ2n) is 6.39. The minimum Gasteiger partial charge on any atom is -0.433 e. The first-order chi connectivity index (χ1) is 12.8. The Labute approximate surface area is 159 Å². The van der Waals surface area contributed by atoms with E-state index in [0.29, 0.717) is 12.8 Å². The zero-order valence-corrected chi connectivity index (χ0v) is 15.1. The number of nitrogens with zero attached hydrogens (tertiary/aromatic N) is 1. The van der Waals surface area contributed by atoms with E-state index in [1.165, 1.54) is 25.1 Å². The number of ether oxygens (including phenoxy) is 1. The summed E-state index contributed by atoms with van der Waals surface area (Å²) in [5.41, 5.74) is 0.233. The number of fused-ring (bicyclic) bond motifs is 1. The van der Waals surface area contributed by atoms with Gasteiger partial charge in [0.25, 0.3) is 0 Å². The molecule has 1 saturated heterocycles. The van der Waals surface area contributed by atoms with E-state index in [-0.39, 0.29) is 28.3 Å². The molecule has 3 atom stereocenters. The molecular formula is C18H17ClF2N2O4. The fourth-order valence-corrected chi connectivity index (χ4v) is 3.57. The molecule has 3 amide bonds. The van der Waals surface area contributed by atoms with E-state index in [1.807, 2.05) is 12.2 Å². The van der Waals surface area contributed by atoms with E-state index in [4.69, 9.17) is 11.6 Å². The van der Waals surface area contributed by atoms with Crippen molar-refractivity contribution in [3.63, 3.8) is 0 Å². The molecule has 1 aromatic carbocycles. The van der Waals surface area contributed by atoms with Crippen LogP contribution in [0.3, 0.4) is 0 Å². The Balaban J connectivity index is 1.70. The maximum atomic E-state index is 12.5. The molecule has 1 fully saturated rings. The lowest BCUT2D eigenvalue weighted by Gasteiger charge is -2.22. The highest BCUT2D eigenvalue weighted by Crippen LogP contribution is 2.36. The maximum Gasteiger partial charge on any atom is 0.387 e. The van der Waals surface area contributed by atoms with Gasteiger partial charge in [0, 0.05) is 5.69 Å². The van der Waals surface area contributed by atoms with Crippen molar-refractivity contribution < 1.29 is 27.9 Å². The van der Waals surface area contributed by atoms with Gasteiger partial charge in [-0.3, -0.25) is 19.3 Å². The minimum absolute atomic E-state index is 0.105. The summed E-state index contributed by atoms with van der Waals surface area (Å²) in [5, 5.41) is 2.43. The van der Waals surface area contributed by atoms with Gasteiger partial charge in [0.1, 0.15) is 11.8 Å². The van der Waals surface area contributed by atoms with Crippen molar-refractivity contribution >= 4 is 35.0 Å². The number of benzene rings is 1. The van der Waals surface area contributed by atoms with E-state index < -0.39 is 30.4 Å². The van der Waals surface area contributed by atoms with Crippen LogP contribution >= 0.6 is 11.6 Å². The lowest BCUT2D eigenvalue weighted by molar-refractivity contribution is -0.146. The molecule has 2 unspecified atom stereocenters. The van der Waals surface area contributed by atoms with Crippen LogP contribution in [0.15, 0.2) is 30.4 Å². The van der Waals surface area contributed by atoms with Gasteiger partial charge in [-0.15, -0.1) is 0 Å². The minimum atomic E-state index is -3.02. The predicted molar refractivity (Wildman–Crippen MR) is 93.4 cm³/mol. The Hall–Kier alpha value is -2.48. The fourth-order valence-electron chi connectivity index (χ4n) is 3.34. The standard InChI is InChI=1S/C18H17ClF2N2O4/c1-9(23-16(25)11-4-2-3-5-12(11)17(23)26)15(24)22-10-6-7-14(13(19)8-10)27-18(20)21/h2-3,6-9,11-12,18H,4-5H2,1H3,(H,22,24)/t9-,11?,12?/m0/s1. The average Bonchev–Trinajstić information content (AvgIpc) is 2.88. The first kappa shape index (κ1) is 19.3. The second kappa shape index (κ2) is 7.64. The molecule has 2 aliphatic rings. The monoisotopic (exact) mass is 398 g/mol. The number of rotatable bonds is 5. The summed E-state index contributed by atoms with van der Waals surface area (Å²) in [5.74, 6) is -2.34. The van der Waals surface area contributed by atoms with Crippen LogP contribution < -0.4 is 10.1 Å². The van der Waals surface area contributed by atoms with Crippen molar-refractivity contribution in [1.29, 1.82) is 0 Å². The van der Waals surface area contributed by atoms with E-state index in [9.17, 15) is 23.2 Å². The molecule has 27 heavy (non-hydrogen) atoms. The molecule has 0 bridgehead atoms. The number of allylic oxidation sites excluding steroid dienone is 2. The number of carbonyl (C=O) groups is 3. The summed E-state index contributed by atoms with van der Waals surface area (Å²) in [6.07, 6.45) is 4.71. The summed E-state index contributed by atoms with van der Waals surface area (Å²) in [6.45, 7) is -1.56. The molecule has 144 valence electrons. The average molecular weight is 399 g/mol. The Morgan fingerprint density at radius 2 is 1.81 bits per heavy atom. The summed E-state index contributed by atoms with van der Waals surface area (Å²) in [6, 6.07) is 2.78. The number of halogens is 3. The zero-order valence-electron chi connectivity index (χ0n) is 14.3. The highest BCUT2D eigenvalue weighted by atomic mass is 35.5. The van der Waals surface area contributed by atoms with E-state index in [2.05, 4.69) is 10.1 Å². The molecular weight excluding hydrogens is 382 g/mol. The number of carbonyl (C=O) groups excluding carboxylic acids is 3. The van der Waals surface area contributed by atoms with Crippen molar-refractivity contribution in [3.05, 3.63) is 35.4 Å². The summed E-state index contributed by atoms with van der Waals surface area (Å²) >= 11 is 5.86. The van der Waals surface area contributed by atoms with Gasteiger partial charge in [-0.2, -0.15) is 8.78 Å². The Morgan fingerprint density at radius 1 is 1.22 bits per heavy atom. The molecule has 0 saturated carbocycles. The number of hydrogen-bond donors (Lipinski definition) is 1. The van der Waals surface area contributed by atoms with Crippen molar-refractivity contribution in [3.8, 4) is 5.75 Å². The number of alkyl halides is 2. The highest BCUT2D eigenvalue weighted by Gasteiger charge is 2.50. The van der Waals surface area contributed by atoms with Crippen LogP contribution in [0.5, 0.6) is 5.75 Å². The summed E-state index contributed by atoms with van der Waals surface area (Å²) in [7, 11) is 0. The number of anilines is 1. The molecule has 0 spiro atoms. The number of amides is 3. The third-order valence-corrected chi connectivity index (χ3v) is 5.02. The topological polar surface area (TPSA) is 75.7 Å². The molecule has 0 aromatic heterocycles.